The van der Waals surface area contributed by atoms with E-state index in [2.05, 4.69) is 51.6 Å². The summed E-state index contributed by atoms with van der Waals surface area (Å²) in [5.74, 6) is 1.62. The van der Waals surface area contributed by atoms with E-state index in [1.165, 1.54) is 56.6 Å². The molecule has 24 heavy (non-hydrogen) atoms. The second-order valence-electron chi connectivity index (χ2n) is 7.24. The molecule has 2 fully saturated rings. The summed E-state index contributed by atoms with van der Waals surface area (Å²) in [5, 5.41) is 3.77. The zero-order chi connectivity index (χ0) is 16.2. The van der Waals surface area contributed by atoms with E-state index < -0.39 is 0 Å². The topological polar surface area (TPSA) is 28.2 Å². The fourth-order valence-corrected chi connectivity index (χ4v) is 3.98. The lowest BCUT2D eigenvalue weighted by molar-refractivity contribution is 0.373. The molecule has 0 unspecified atom stereocenters. The number of nitrogens with one attached hydrogen (secondary N) is 1. The first-order chi connectivity index (χ1) is 11.9. The minimum atomic E-state index is 0.711. The van der Waals surface area contributed by atoms with Crippen LogP contribution in [0.25, 0.3) is 0 Å². The van der Waals surface area contributed by atoms with E-state index in [1.54, 1.807) is 0 Å². The van der Waals surface area contributed by atoms with Crippen molar-refractivity contribution >= 4 is 5.69 Å². The summed E-state index contributed by atoms with van der Waals surface area (Å²) in [6, 6.07) is 15.9. The van der Waals surface area contributed by atoms with Gasteiger partial charge in [0.15, 0.2) is 0 Å². The highest BCUT2D eigenvalue weighted by Gasteiger charge is 2.37. The summed E-state index contributed by atoms with van der Waals surface area (Å²) >= 11 is 0. The van der Waals surface area contributed by atoms with Crippen molar-refractivity contribution in [2.24, 2.45) is 5.92 Å². The number of benzene rings is 1. The van der Waals surface area contributed by atoms with Gasteiger partial charge in [0.1, 0.15) is 0 Å². The molecule has 1 saturated carbocycles. The van der Waals surface area contributed by atoms with E-state index in [4.69, 9.17) is 0 Å². The lowest BCUT2D eigenvalue weighted by Crippen LogP contribution is -2.34. The summed E-state index contributed by atoms with van der Waals surface area (Å²) in [7, 11) is 0. The molecule has 1 aromatic carbocycles. The van der Waals surface area contributed by atoms with Crippen molar-refractivity contribution in [1.29, 1.82) is 0 Å². The molecule has 4 rings (SSSR count). The van der Waals surface area contributed by atoms with Crippen LogP contribution in [-0.4, -0.2) is 30.7 Å². The SMILES string of the molecule is c1ccc([C@@H]2C[C@H]2NCCC2CCN(c3cccnc3)CC2)cc1. The van der Waals surface area contributed by atoms with Gasteiger partial charge in [-0.2, -0.15) is 0 Å². The number of anilines is 1. The Hall–Kier alpha value is -1.87. The van der Waals surface area contributed by atoms with Crippen LogP contribution >= 0.6 is 0 Å². The second kappa shape index (κ2) is 7.35. The lowest BCUT2D eigenvalue weighted by atomic mass is 9.93. The maximum atomic E-state index is 4.24. The Bertz CT molecular complexity index is 620. The fourth-order valence-electron chi connectivity index (χ4n) is 3.98. The number of hydrogen-bond donors (Lipinski definition) is 1. The average Bonchev–Trinajstić information content (AvgIpc) is 3.43. The zero-order valence-corrected chi connectivity index (χ0v) is 14.3. The summed E-state index contributed by atoms with van der Waals surface area (Å²) in [4.78, 5) is 6.71. The third kappa shape index (κ3) is 3.78. The van der Waals surface area contributed by atoms with Gasteiger partial charge in [0.2, 0.25) is 0 Å². The Balaban J connectivity index is 1.15. The van der Waals surface area contributed by atoms with Crippen LogP contribution in [0.4, 0.5) is 5.69 Å². The normalized spacial score (nSPS) is 24.1. The van der Waals surface area contributed by atoms with Gasteiger partial charge >= 0.3 is 0 Å². The third-order valence-corrected chi connectivity index (χ3v) is 5.60. The number of aromatic nitrogens is 1. The maximum absolute atomic E-state index is 4.24. The van der Waals surface area contributed by atoms with Crippen LogP contribution in [0.2, 0.25) is 0 Å². The van der Waals surface area contributed by atoms with Gasteiger partial charge < -0.3 is 10.2 Å². The summed E-state index contributed by atoms with van der Waals surface area (Å²) in [6.45, 7) is 3.52. The molecular weight excluding hydrogens is 294 g/mol. The van der Waals surface area contributed by atoms with Crippen LogP contribution in [0, 0.1) is 5.92 Å². The predicted molar refractivity (Wildman–Crippen MR) is 99.4 cm³/mol. The van der Waals surface area contributed by atoms with Crippen LogP contribution in [-0.2, 0) is 0 Å². The van der Waals surface area contributed by atoms with Gasteiger partial charge in [-0.15, -0.1) is 0 Å². The van der Waals surface area contributed by atoms with Crippen molar-refractivity contribution in [1.82, 2.24) is 10.3 Å². The van der Waals surface area contributed by atoms with E-state index >= 15 is 0 Å². The molecule has 2 aromatic rings. The molecule has 2 heterocycles. The first-order valence-corrected chi connectivity index (χ1v) is 9.33. The Labute approximate surface area is 145 Å². The molecule has 0 bridgehead atoms. The number of piperidine rings is 1. The van der Waals surface area contributed by atoms with Crippen molar-refractivity contribution in [2.45, 2.75) is 37.6 Å². The molecule has 1 aliphatic carbocycles. The predicted octanol–water partition coefficient (Wildman–Crippen LogP) is 3.83. The smallest absolute Gasteiger partial charge is 0.0552 e. The number of nitrogens with zero attached hydrogens (tertiary/aromatic N) is 2. The fraction of sp³-hybridized carbons (Fsp3) is 0.476. The molecule has 1 N–H and O–H groups in total. The summed E-state index contributed by atoms with van der Waals surface area (Å²) in [5.41, 5.74) is 2.78. The van der Waals surface area contributed by atoms with E-state index in [1.807, 2.05) is 18.5 Å². The largest absolute Gasteiger partial charge is 0.370 e. The molecule has 1 aromatic heterocycles. The molecule has 3 nitrogen and oxygen atoms in total. The van der Waals surface area contributed by atoms with Crippen molar-refractivity contribution in [3.05, 3.63) is 60.4 Å². The quantitative estimate of drug-likeness (QED) is 0.876. The van der Waals surface area contributed by atoms with Gasteiger partial charge in [0.25, 0.3) is 0 Å². The Kier molecular flexibility index (Phi) is 4.79. The van der Waals surface area contributed by atoms with E-state index in [0.29, 0.717) is 6.04 Å². The second-order valence-corrected chi connectivity index (χ2v) is 7.24. The van der Waals surface area contributed by atoms with E-state index in [-0.39, 0.29) is 0 Å². The van der Waals surface area contributed by atoms with Gasteiger partial charge in [0.05, 0.1) is 11.9 Å². The van der Waals surface area contributed by atoms with E-state index in [9.17, 15) is 0 Å². The van der Waals surface area contributed by atoms with Crippen molar-refractivity contribution < 1.29 is 0 Å². The van der Waals surface area contributed by atoms with Crippen molar-refractivity contribution in [2.75, 3.05) is 24.5 Å². The highest BCUT2D eigenvalue weighted by molar-refractivity contribution is 5.43. The molecule has 0 radical (unpaired) electrons. The molecular formula is C21H27N3. The summed E-state index contributed by atoms with van der Waals surface area (Å²) in [6.07, 6.45) is 9.08. The van der Waals surface area contributed by atoms with Gasteiger partial charge in [-0.25, -0.2) is 0 Å². The molecule has 126 valence electrons. The Morgan fingerprint density at radius 3 is 2.62 bits per heavy atom. The van der Waals surface area contributed by atoms with Gasteiger partial charge in [-0.3, -0.25) is 4.98 Å². The molecule has 3 heteroatoms. The number of pyridine rings is 1. The highest BCUT2D eigenvalue weighted by Crippen LogP contribution is 2.40. The van der Waals surface area contributed by atoms with Crippen molar-refractivity contribution in [3.63, 3.8) is 0 Å². The third-order valence-electron chi connectivity index (χ3n) is 5.60. The minimum absolute atomic E-state index is 0.711. The zero-order valence-electron chi connectivity index (χ0n) is 14.3. The number of hydrogen-bond acceptors (Lipinski definition) is 3. The van der Waals surface area contributed by atoms with Gasteiger partial charge in [0, 0.05) is 31.2 Å². The van der Waals surface area contributed by atoms with E-state index in [0.717, 1.165) is 11.8 Å². The lowest BCUT2D eigenvalue weighted by Gasteiger charge is -2.33. The molecule has 0 spiro atoms. The summed E-state index contributed by atoms with van der Waals surface area (Å²) < 4.78 is 0. The average molecular weight is 321 g/mol. The Morgan fingerprint density at radius 2 is 1.88 bits per heavy atom. The first-order valence-electron chi connectivity index (χ1n) is 9.33. The van der Waals surface area contributed by atoms with Crippen LogP contribution in [0.1, 0.15) is 37.2 Å². The standard InChI is InChI=1S/C21H27N3/c1-2-5-18(6-3-1)20-15-21(20)23-12-8-17-9-13-24(14-10-17)19-7-4-11-22-16-19/h1-7,11,16-17,20-21,23H,8-10,12-15H2/t20-,21+/m0/s1. The van der Waals surface area contributed by atoms with Crippen LogP contribution in [0.5, 0.6) is 0 Å². The van der Waals surface area contributed by atoms with Gasteiger partial charge in [-0.1, -0.05) is 30.3 Å². The molecule has 1 saturated heterocycles. The van der Waals surface area contributed by atoms with Gasteiger partial charge in [-0.05, 0) is 55.8 Å². The Morgan fingerprint density at radius 1 is 1.04 bits per heavy atom. The van der Waals surface area contributed by atoms with Crippen LogP contribution in [0.3, 0.4) is 0 Å². The highest BCUT2D eigenvalue weighted by atomic mass is 15.1. The molecule has 0 amide bonds. The first kappa shape index (κ1) is 15.6. The molecule has 2 atom stereocenters. The number of rotatable bonds is 6. The van der Waals surface area contributed by atoms with Crippen molar-refractivity contribution in [3.8, 4) is 0 Å². The maximum Gasteiger partial charge on any atom is 0.0552 e. The van der Waals surface area contributed by atoms with Crippen LogP contribution in [0.15, 0.2) is 54.9 Å². The minimum Gasteiger partial charge on any atom is -0.370 e. The molecule has 1 aliphatic heterocycles. The molecule has 2 aliphatic rings. The monoisotopic (exact) mass is 321 g/mol. The van der Waals surface area contributed by atoms with Crippen LogP contribution < -0.4 is 10.2 Å².